The summed E-state index contributed by atoms with van der Waals surface area (Å²) in [5.41, 5.74) is 2.33. The van der Waals surface area contributed by atoms with Crippen LogP contribution in [0.2, 0.25) is 10.0 Å². The number of carbonyl (C=O) groups excluding carboxylic acids is 1. The van der Waals surface area contributed by atoms with E-state index in [-0.39, 0.29) is 23.7 Å². The molecule has 154 valence electrons. The van der Waals surface area contributed by atoms with Crippen molar-refractivity contribution < 1.29 is 9.72 Å². The minimum Gasteiger partial charge on any atom is -0.334 e. The van der Waals surface area contributed by atoms with Gasteiger partial charge in [0.1, 0.15) is 0 Å². The van der Waals surface area contributed by atoms with Gasteiger partial charge in [0.15, 0.2) is 0 Å². The molecule has 0 spiro atoms. The van der Waals surface area contributed by atoms with Gasteiger partial charge in [0, 0.05) is 48.6 Å². The summed E-state index contributed by atoms with van der Waals surface area (Å²) in [6.45, 7) is 2.31. The van der Waals surface area contributed by atoms with Crippen LogP contribution in [0, 0.1) is 17.0 Å². The predicted octanol–water partition coefficient (Wildman–Crippen LogP) is 5.49. The molecule has 0 aliphatic rings. The Labute approximate surface area is 184 Å². The number of aryl methyl sites for hydroxylation is 1. The SMILES string of the molecule is Cc1ccc(C(=O)N(CCc2ccccn2)Cc2ccc(Cl)c(Cl)c2)cc1[N+](=O)[O-]. The van der Waals surface area contributed by atoms with Crippen molar-refractivity contribution in [1.29, 1.82) is 0 Å². The minimum absolute atomic E-state index is 0.0833. The molecule has 30 heavy (non-hydrogen) atoms. The Balaban J connectivity index is 1.89. The summed E-state index contributed by atoms with van der Waals surface area (Å²) in [4.78, 5) is 30.0. The molecule has 1 heterocycles. The molecule has 8 heteroatoms. The Hall–Kier alpha value is -2.96. The van der Waals surface area contributed by atoms with E-state index in [1.807, 2.05) is 18.2 Å². The Morgan fingerprint density at radius 3 is 2.57 bits per heavy atom. The third kappa shape index (κ3) is 5.34. The van der Waals surface area contributed by atoms with Crippen molar-refractivity contribution in [3.63, 3.8) is 0 Å². The van der Waals surface area contributed by atoms with Gasteiger partial charge in [-0.05, 0) is 42.8 Å². The third-order valence-electron chi connectivity index (χ3n) is 4.66. The maximum Gasteiger partial charge on any atom is 0.273 e. The summed E-state index contributed by atoms with van der Waals surface area (Å²) in [5.74, 6) is -0.305. The van der Waals surface area contributed by atoms with Crippen LogP contribution in [0.25, 0.3) is 0 Å². The van der Waals surface area contributed by atoms with E-state index >= 15 is 0 Å². The molecule has 0 atom stereocenters. The summed E-state index contributed by atoms with van der Waals surface area (Å²) in [5, 5.41) is 12.1. The van der Waals surface area contributed by atoms with E-state index in [1.165, 1.54) is 6.07 Å². The van der Waals surface area contributed by atoms with Crippen LogP contribution in [-0.4, -0.2) is 27.3 Å². The third-order valence-corrected chi connectivity index (χ3v) is 5.40. The quantitative estimate of drug-likeness (QED) is 0.357. The Morgan fingerprint density at radius 1 is 1.10 bits per heavy atom. The van der Waals surface area contributed by atoms with Crippen molar-refractivity contribution in [2.45, 2.75) is 19.9 Å². The number of benzene rings is 2. The zero-order valence-corrected chi connectivity index (χ0v) is 17.7. The van der Waals surface area contributed by atoms with Crippen LogP contribution in [0.4, 0.5) is 5.69 Å². The predicted molar refractivity (Wildman–Crippen MR) is 117 cm³/mol. The van der Waals surface area contributed by atoms with Gasteiger partial charge in [-0.3, -0.25) is 19.9 Å². The number of rotatable bonds is 7. The zero-order valence-electron chi connectivity index (χ0n) is 16.2. The number of hydrogen-bond acceptors (Lipinski definition) is 4. The summed E-state index contributed by atoms with van der Waals surface area (Å²) in [7, 11) is 0. The lowest BCUT2D eigenvalue weighted by molar-refractivity contribution is -0.385. The van der Waals surface area contributed by atoms with Gasteiger partial charge in [0.05, 0.1) is 15.0 Å². The number of carbonyl (C=O) groups is 1. The highest BCUT2D eigenvalue weighted by Crippen LogP contribution is 2.25. The lowest BCUT2D eigenvalue weighted by Crippen LogP contribution is -2.32. The first-order chi connectivity index (χ1) is 14.3. The van der Waals surface area contributed by atoms with Crippen LogP contribution in [0.5, 0.6) is 0 Å². The van der Waals surface area contributed by atoms with Crippen molar-refractivity contribution in [2.24, 2.45) is 0 Å². The number of halogens is 2. The number of nitrogens with zero attached hydrogens (tertiary/aromatic N) is 3. The first kappa shape index (κ1) is 21.7. The number of pyridine rings is 1. The highest BCUT2D eigenvalue weighted by Gasteiger charge is 2.20. The van der Waals surface area contributed by atoms with Crippen LogP contribution in [0.15, 0.2) is 60.8 Å². The molecular formula is C22H19Cl2N3O3. The van der Waals surface area contributed by atoms with Crippen LogP contribution in [0.1, 0.15) is 27.2 Å². The number of nitro benzene ring substituents is 1. The minimum atomic E-state index is -0.483. The van der Waals surface area contributed by atoms with Gasteiger partial charge in [-0.25, -0.2) is 0 Å². The van der Waals surface area contributed by atoms with E-state index in [2.05, 4.69) is 4.98 Å². The van der Waals surface area contributed by atoms with Gasteiger partial charge in [0.2, 0.25) is 0 Å². The Kier molecular flexibility index (Phi) is 7.03. The molecule has 0 unspecified atom stereocenters. The molecule has 0 fully saturated rings. The first-order valence-electron chi connectivity index (χ1n) is 9.23. The second-order valence-electron chi connectivity index (χ2n) is 6.80. The molecule has 1 amide bonds. The summed E-state index contributed by atoms with van der Waals surface area (Å²) in [6.07, 6.45) is 2.24. The molecule has 0 bridgehead atoms. The van der Waals surface area contributed by atoms with Gasteiger partial charge < -0.3 is 4.90 Å². The van der Waals surface area contributed by atoms with Gasteiger partial charge in [-0.2, -0.15) is 0 Å². The summed E-state index contributed by atoms with van der Waals surface area (Å²) < 4.78 is 0. The molecule has 0 N–H and O–H groups in total. The van der Waals surface area contributed by atoms with E-state index in [1.54, 1.807) is 48.4 Å². The number of hydrogen-bond donors (Lipinski definition) is 0. The van der Waals surface area contributed by atoms with Crippen LogP contribution in [0.3, 0.4) is 0 Å². The molecule has 6 nitrogen and oxygen atoms in total. The fraction of sp³-hybridized carbons (Fsp3) is 0.182. The van der Waals surface area contributed by atoms with Crippen molar-refractivity contribution in [1.82, 2.24) is 9.88 Å². The van der Waals surface area contributed by atoms with E-state index in [9.17, 15) is 14.9 Å². The summed E-state index contributed by atoms with van der Waals surface area (Å²) >= 11 is 12.1. The smallest absolute Gasteiger partial charge is 0.273 e. The molecule has 3 rings (SSSR count). The van der Waals surface area contributed by atoms with E-state index in [0.29, 0.717) is 28.6 Å². The van der Waals surface area contributed by atoms with E-state index < -0.39 is 4.92 Å². The van der Waals surface area contributed by atoms with E-state index in [0.717, 1.165) is 11.3 Å². The van der Waals surface area contributed by atoms with Crippen LogP contribution in [-0.2, 0) is 13.0 Å². The number of amides is 1. The largest absolute Gasteiger partial charge is 0.334 e. The van der Waals surface area contributed by atoms with Gasteiger partial charge in [-0.1, -0.05) is 41.4 Å². The molecule has 3 aromatic rings. The lowest BCUT2D eigenvalue weighted by atomic mass is 10.1. The maximum atomic E-state index is 13.2. The van der Waals surface area contributed by atoms with Crippen LogP contribution < -0.4 is 0 Å². The maximum absolute atomic E-state index is 13.2. The fourth-order valence-electron chi connectivity index (χ4n) is 3.03. The normalized spacial score (nSPS) is 10.6. The molecule has 0 aliphatic heterocycles. The molecular weight excluding hydrogens is 425 g/mol. The second-order valence-corrected chi connectivity index (χ2v) is 7.62. The zero-order chi connectivity index (χ0) is 21.7. The van der Waals surface area contributed by atoms with Gasteiger partial charge in [0.25, 0.3) is 11.6 Å². The molecule has 0 saturated heterocycles. The average molecular weight is 444 g/mol. The monoisotopic (exact) mass is 443 g/mol. The van der Waals surface area contributed by atoms with Crippen molar-refractivity contribution in [2.75, 3.05) is 6.54 Å². The molecule has 1 aromatic heterocycles. The molecule has 2 aromatic carbocycles. The van der Waals surface area contributed by atoms with Gasteiger partial charge in [-0.15, -0.1) is 0 Å². The molecule has 0 radical (unpaired) electrons. The lowest BCUT2D eigenvalue weighted by Gasteiger charge is -2.23. The Bertz CT molecular complexity index is 1070. The standard InChI is InChI=1S/C22H19Cl2N3O3/c1-15-5-7-17(13-21(15)27(29)30)22(28)26(11-9-18-4-2-3-10-25-18)14-16-6-8-19(23)20(24)12-16/h2-8,10,12-13H,9,11,14H2,1H3. The van der Waals surface area contributed by atoms with Crippen molar-refractivity contribution in [3.05, 3.63) is 103 Å². The van der Waals surface area contributed by atoms with Gasteiger partial charge >= 0.3 is 0 Å². The van der Waals surface area contributed by atoms with Crippen LogP contribution >= 0.6 is 23.2 Å². The summed E-state index contributed by atoms with van der Waals surface area (Å²) in [6, 6.07) is 15.3. The molecule has 0 aliphatic carbocycles. The number of aromatic nitrogens is 1. The molecule has 0 saturated carbocycles. The van der Waals surface area contributed by atoms with Crippen molar-refractivity contribution >= 4 is 34.8 Å². The highest BCUT2D eigenvalue weighted by atomic mass is 35.5. The topological polar surface area (TPSA) is 76.3 Å². The van der Waals surface area contributed by atoms with E-state index in [4.69, 9.17) is 23.2 Å². The first-order valence-corrected chi connectivity index (χ1v) is 9.99. The highest BCUT2D eigenvalue weighted by molar-refractivity contribution is 6.42. The second kappa shape index (κ2) is 9.69. The van der Waals surface area contributed by atoms with Crippen molar-refractivity contribution in [3.8, 4) is 0 Å². The Morgan fingerprint density at radius 2 is 1.90 bits per heavy atom. The number of nitro groups is 1. The average Bonchev–Trinajstić information content (AvgIpc) is 2.74. The fourth-order valence-corrected chi connectivity index (χ4v) is 3.35.